The van der Waals surface area contributed by atoms with Crippen LogP contribution in [0, 0.1) is 5.82 Å². The smallest absolute Gasteiger partial charge is 0.225 e. The Morgan fingerprint density at radius 3 is 2.60 bits per heavy atom. The number of benzene rings is 2. The molecular weight excluding hydrogens is 321 g/mol. The third-order valence-corrected chi connectivity index (χ3v) is 4.43. The predicted molar refractivity (Wildman–Crippen MR) is 92.2 cm³/mol. The van der Waals surface area contributed by atoms with Gasteiger partial charge in [0.2, 0.25) is 5.91 Å². The summed E-state index contributed by atoms with van der Waals surface area (Å²) in [4.78, 5) is 14.2. The van der Waals surface area contributed by atoms with E-state index in [4.69, 9.17) is 4.74 Å². The first-order valence-electron chi connectivity index (χ1n) is 8.48. The molecule has 0 unspecified atom stereocenters. The van der Waals surface area contributed by atoms with Gasteiger partial charge in [-0.1, -0.05) is 42.5 Å². The van der Waals surface area contributed by atoms with E-state index in [1.165, 1.54) is 12.1 Å². The fourth-order valence-electron chi connectivity index (χ4n) is 3.16. The van der Waals surface area contributed by atoms with Crippen molar-refractivity contribution < 1.29 is 19.0 Å². The van der Waals surface area contributed by atoms with Gasteiger partial charge in [0.25, 0.3) is 0 Å². The molecule has 1 amide bonds. The highest BCUT2D eigenvalue weighted by atomic mass is 19.1. The minimum absolute atomic E-state index is 0.0565. The number of carbonyl (C=O) groups is 1. The van der Waals surface area contributed by atoms with Crippen LogP contribution in [0.15, 0.2) is 54.6 Å². The normalized spacial score (nSPS) is 20.0. The molecular formula is C20H22FNO3. The van der Waals surface area contributed by atoms with Gasteiger partial charge in [-0.15, -0.1) is 0 Å². The molecule has 1 heterocycles. The molecule has 3 rings (SSSR count). The van der Waals surface area contributed by atoms with Crippen LogP contribution in [0.5, 0.6) is 0 Å². The Bertz CT molecular complexity index is 690. The highest BCUT2D eigenvalue weighted by molar-refractivity contribution is 5.77. The maximum absolute atomic E-state index is 13.1. The topological polar surface area (TPSA) is 49.8 Å². The number of aliphatic hydroxyl groups excluding tert-OH is 1. The van der Waals surface area contributed by atoms with E-state index in [1.807, 2.05) is 30.3 Å². The molecule has 0 bridgehead atoms. The quantitative estimate of drug-likeness (QED) is 0.820. The number of hydrogen-bond donors (Lipinski definition) is 1. The molecule has 1 N–H and O–H groups in total. The summed E-state index contributed by atoms with van der Waals surface area (Å²) in [6, 6.07) is 15.7. The van der Waals surface area contributed by atoms with Crippen LogP contribution < -0.4 is 0 Å². The van der Waals surface area contributed by atoms with E-state index < -0.39 is 6.10 Å². The highest BCUT2D eigenvalue weighted by Gasteiger charge is 2.34. The number of rotatable bonds is 6. The van der Waals surface area contributed by atoms with Crippen LogP contribution in [0.1, 0.15) is 30.0 Å². The number of β-amino-alcohol motifs (C(OH)–C–C–N with tert-alkyl or cyclic N) is 1. The summed E-state index contributed by atoms with van der Waals surface area (Å²) < 4.78 is 18.7. The van der Waals surface area contributed by atoms with Gasteiger partial charge in [-0.25, -0.2) is 4.39 Å². The summed E-state index contributed by atoms with van der Waals surface area (Å²) in [6.07, 6.45) is 0.184. The number of amides is 1. The van der Waals surface area contributed by atoms with Gasteiger partial charge in [0.1, 0.15) is 5.82 Å². The molecule has 1 fully saturated rings. The lowest BCUT2D eigenvalue weighted by atomic mass is 10.0. The van der Waals surface area contributed by atoms with E-state index in [1.54, 1.807) is 17.0 Å². The number of halogens is 1. The lowest BCUT2D eigenvalue weighted by Gasteiger charge is -2.25. The van der Waals surface area contributed by atoms with Gasteiger partial charge in [-0.05, 0) is 29.7 Å². The van der Waals surface area contributed by atoms with Crippen molar-refractivity contribution in [1.29, 1.82) is 0 Å². The summed E-state index contributed by atoms with van der Waals surface area (Å²) in [5.41, 5.74) is 1.91. The SMILES string of the molecule is O=C(CCOCc1ccccc1)N1C[C@H](O)C[C@@H]1c1ccc(F)cc1. The molecule has 5 heteroatoms. The zero-order chi connectivity index (χ0) is 17.6. The Kier molecular flexibility index (Phi) is 5.79. The van der Waals surface area contributed by atoms with E-state index in [0.29, 0.717) is 26.2 Å². The zero-order valence-corrected chi connectivity index (χ0v) is 14.0. The first-order valence-corrected chi connectivity index (χ1v) is 8.48. The van der Waals surface area contributed by atoms with Crippen LogP contribution in [0.3, 0.4) is 0 Å². The number of aliphatic hydroxyl groups is 1. The molecule has 1 aliphatic rings. The maximum Gasteiger partial charge on any atom is 0.225 e. The molecule has 0 spiro atoms. The Balaban J connectivity index is 1.53. The van der Waals surface area contributed by atoms with Gasteiger partial charge in [0, 0.05) is 6.54 Å². The van der Waals surface area contributed by atoms with Gasteiger partial charge in [-0.3, -0.25) is 4.79 Å². The molecule has 0 saturated carbocycles. The molecule has 2 aromatic rings. The second-order valence-corrected chi connectivity index (χ2v) is 6.29. The molecule has 0 radical (unpaired) electrons. The second kappa shape index (κ2) is 8.23. The van der Waals surface area contributed by atoms with Crippen molar-refractivity contribution in [2.45, 2.75) is 31.6 Å². The van der Waals surface area contributed by atoms with E-state index >= 15 is 0 Å². The lowest BCUT2D eigenvalue weighted by molar-refractivity contribution is -0.133. The fraction of sp³-hybridized carbons (Fsp3) is 0.350. The van der Waals surface area contributed by atoms with Crippen LogP contribution in [0.4, 0.5) is 4.39 Å². The van der Waals surface area contributed by atoms with Crippen LogP contribution in [0.25, 0.3) is 0 Å². The molecule has 4 nitrogen and oxygen atoms in total. The standard InChI is InChI=1S/C20H22FNO3/c21-17-8-6-16(7-9-17)19-12-18(23)13-22(19)20(24)10-11-25-14-15-4-2-1-3-5-15/h1-9,18-19,23H,10-14H2/t18-,19-/m1/s1. The average Bonchev–Trinajstić information content (AvgIpc) is 3.02. The van der Waals surface area contributed by atoms with Gasteiger partial charge in [0.05, 0.1) is 31.8 Å². The largest absolute Gasteiger partial charge is 0.391 e. The zero-order valence-electron chi connectivity index (χ0n) is 14.0. The van der Waals surface area contributed by atoms with Gasteiger partial charge < -0.3 is 14.7 Å². The number of carbonyl (C=O) groups excluding carboxylic acids is 1. The third-order valence-electron chi connectivity index (χ3n) is 4.43. The van der Waals surface area contributed by atoms with Crippen LogP contribution in [-0.4, -0.2) is 35.2 Å². The molecule has 0 aliphatic carbocycles. The predicted octanol–water partition coefficient (Wildman–Crippen LogP) is 3.07. The Hall–Kier alpha value is -2.24. The monoisotopic (exact) mass is 343 g/mol. The van der Waals surface area contributed by atoms with Crippen molar-refractivity contribution in [3.63, 3.8) is 0 Å². The van der Waals surface area contributed by atoms with Crippen molar-refractivity contribution in [2.24, 2.45) is 0 Å². The third kappa shape index (κ3) is 4.65. The van der Waals surface area contributed by atoms with Gasteiger partial charge in [-0.2, -0.15) is 0 Å². The summed E-state index contributed by atoms with van der Waals surface area (Å²) >= 11 is 0. The summed E-state index contributed by atoms with van der Waals surface area (Å²) in [6.45, 7) is 1.11. The molecule has 0 aromatic heterocycles. The number of nitrogens with zero attached hydrogens (tertiary/aromatic N) is 1. The van der Waals surface area contributed by atoms with Gasteiger partial charge in [0.15, 0.2) is 0 Å². The van der Waals surface area contributed by atoms with Crippen LogP contribution in [-0.2, 0) is 16.1 Å². The van der Waals surface area contributed by atoms with Crippen molar-refractivity contribution in [3.8, 4) is 0 Å². The molecule has 1 aliphatic heterocycles. The Labute approximate surface area is 146 Å². The first kappa shape index (κ1) is 17.6. The highest BCUT2D eigenvalue weighted by Crippen LogP contribution is 2.32. The second-order valence-electron chi connectivity index (χ2n) is 6.29. The maximum atomic E-state index is 13.1. The van der Waals surface area contributed by atoms with Crippen LogP contribution in [0.2, 0.25) is 0 Å². The molecule has 2 atom stereocenters. The Morgan fingerprint density at radius 2 is 1.88 bits per heavy atom. The molecule has 25 heavy (non-hydrogen) atoms. The van der Waals surface area contributed by atoms with Crippen molar-refractivity contribution in [1.82, 2.24) is 4.90 Å². The minimum atomic E-state index is -0.552. The van der Waals surface area contributed by atoms with E-state index in [0.717, 1.165) is 11.1 Å². The average molecular weight is 343 g/mol. The molecule has 1 saturated heterocycles. The van der Waals surface area contributed by atoms with E-state index in [9.17, 15) is 14.3 Å². The summed E-state index contributed by atoms with van der Waals surface area (Å²) in [5, 5.41) is 9.96. The molecule has 132 valence electrons. The first-order chi connectivity index (χ1) is 12.1. The van der Waals surface area contributed by atoms with E-state index in [2.05, 4.69) is 0 Å². The van der Waals surface area contributed by atoms with Crippen molar-refractivity contribution in [2.75, 3.05) is 13.2 Å². The lowest BCUT2D eigenvalue weighted by Crippen LogP contribution is -2.32. The molecule has 2 aromatic carbocycles. The van der Waals surface area contributed by atoms with Crippen LogP contribution >= 0.6 is 0 Å². The minimum Gasteiger partial charge on any atom is -0.391 e. The summed E-state index contributed by atoms with van der Waals surface area (Å²) in [5.74, 6) is -0.367. The summed E-state index contributed by atoms with van der Waals surface area (Å²) in [7, 11) is 0. The number of ether oxygens (including phenoxy) is 1. The van der Waals surface area contributed by atoms with Crippen molar-refractivity contribution >= 4 is 5.91 Å². The van der Waals surface area contributed by atoms with Crippen molar-refractivity contribution in [3.05, 3.63) is 71.5 Å². The number of hydrogen-bond acceptors (Lipinski definition) is 3. The number of likely N-dealkylation sites (tertiary alicyclic amines) is 1. The van der Waals surface area contributed by atoms with Gasteiger partial charge >= 0.3 is 0 Å². The Morgan fingerprint density at radius 1 is 1.16 bits per heavy atom. The van der Waals surface area contributed by atoms with E-state index in [-0.39, 0.29) is 24.2 Å². The fourth-order valence-corrected chi connectivity index (χ4v) is 3.16.